The van der Waals surface area contributed by atoms with Crippen LogP contribution in [0.4, 0.5) is 0 Å². The molecule has 0 spiro atoms. The minimum atomic E-state index is 0.809. The second kappa shape index (κ2) is 4.28. The first-order chi connectivity index (χ1) is 6.95. The van der Waals surface area contributed by atoms with Crippen LogP contribution in [0.3, 0.4) is 0 Å². The van der Waals surface area contributed by atoms with Crippen LogP contribution >= 0.6 is 0 Å². The van der Waals surface area contributed by atoms with Crippen LogP contribution in [0.5, 0.6) is 0 Å². The van der Waals surface area contributed by atoms with Crippen LogP contribution in [0.1, 0.15) is 11.3 Å². The Morgan fingerprint density at radius 1 is 0.929 bits per heavy atom. The number of rotatable bonds is 2. The zero-order chi connectivity index (χ0) is 9.64. The third-order valence-corrected chi connectivity index (χ3v) is 1.77. The molecule has 68 valence electrons. The Hall–Kier alpha value is -2.03. The minimum absolute atomic E-state index is 0.809. The number of nitrogens with zero attached hydrogens (tertiary/aromatic N) is 3. The Morgan fingerprint density at radius 3 is 2.50 bits per heavy atom. The molecule has 1 heterocycles. The van der Waals surface area contributed by atoms with Crippen LogP contribution in [-0.2, 0) is 0 Å². The number of hydrogen-bond acceptors (Lipinski definition) is 3. The number of aromatic nitrogens is 3. The maximum absolute atomic E-state index is 3.85. The molecule has 0 radical (unpaired) electrons. The van der Waals surface area contributed by atoms with Gasteiger partial charge in [-0.15, -0.1) is 10.2 Å². The summed E-state index contributed by atoms with van der Waals surface area (Å²) < 4.78 is 0. The van der Waals surface area contributed by atoms with Crippen molar-refractivity contribution in [3.05, 3.63) is 53.9 Å². The molecule has 0 amide bonds. The summed E-state index contributed by atoms with van der Waals surface area (Å²) in [5, 5.41) is 11.0. The van der Waals surface area contributed by atoms with Gasteiger partial charge in [0.2, 0.25) is 0 Å². The summed E-state index contributed by atoms with van der Waals surface area (Å²) in [5.74, 6) is 0. The molecule has 0 N–H and O–H groups in total. The van der Waals surface area contributed by atoms with Gasteiger partial charge in [-0.25, -0.2) is 0 Å². The van der Waals surface area contributed by atoms with E-state index in [1.807, 2.05) is 48.6 Å². The molecule has 0 bridgehead atoms. The lowest BCUT2D eigenvalue weighted by Gasteiger charge is -1.90. The van der Waals surface area contributed by atoms with Gasteiger partial charge >= 0.3 is 0 Å². The molecule has 3 nitrogen and oxygen atoms in total. The van der Waals surface area contributed by atoms with Crippen LogP contribution in [-0.4, -0.2) is 15.4 Å². The zero-order valence-corrected chi connectivity index (χ0v) is 7.54. The second-order valence-electron chi connectivity index (χ2n) is 2.79. The minimum Gasteiger partial charge on any atom is -0.139 e. The third-order valence-electron chi connectivity index (χ3n) is 1.77. The van der Waals surface area contributed by atoms with Gasteiger partial charge in [-0.2, -0.15) is 0 Å². The van der Waals surface area contributed by atoms with E-state index in [4.69, 9.17) is 0 Å². The van der Waals surface area contributed by atoms with Crippen molar-refractivity contribution in [2.45, 2.75) is 0 Å². The van der Waals surface area contributed by atoms with Gasteiger partial charge in [0, 0.05) is 0 Å². The summed E-state index contributed by atoms with van der Waals surface area (Å²) in [6.07, 6.45) is 5.52. The van der Waals surface area contributed by atoms with Crippen LogP contribution in [0, 0.1) is 0 Å². The lowest BCUT2D eigenvalue weighted by Crippen LogP contribution is -1.86. The van der Waals surface area contributed by atoms with Gasteiger partial charge in [0.1, 0.15) is 0 Å². The van der Waals surface area contributed by atoms with Crippen molar-refractivity contribution in [3.63, 3.8) is 0 Å². The smallest absolute Gasteiger partial charge is 0.0891 e. The number of benzene rings is 1. The standard InChI is InChI=1S/C11H9N3/c1-2-4-10(5-3-1)6-7-11-8-9-12-14-13-11/h1-9H/b7-6+. The van der Waals surface area contributed by atoms with E-state index in [-0.39, 0.29) is 0 Å². The van der Waals surface area contributed by atoms with Crippen LogP contribution in [0.25, 0.3) is 12.2 Å². The first-order valence-electron chi connectivity index (χ1n) is 4.33. The predicted octanol–water partition coefficient (Wildman–Crippen LogP) is 2.04. The Labute approximate surface area is 82.1 Å². The summed E-state index contributed by atoms with van der Waals surface area (Å²) in [6.45, 7) is 0. The van der Waals surface area contributed by atoms with Crippen molar-refractivity contribution in [2.75, 3.05) is 0 Å². The molecule has 0 aliphatic rings. The maximum Gasteiger partial charge on any atom is 0.0891 e. The van der Waals surface area contributed by atoms with Gasteiger partial charge in [-0.3, -0.25) is 0 Å². The van der Waals surface area contributed by atoms with Crippen molar-refractivity contribution in [1.29, 1.82) is 0 Å². The van der Waals surface area contributed by atoms with Crippen molar-refractivity contribution in [1.82, 2.24) is 15.4 Å². The lowest BCUT2D eigenvalue weighted by molar-refractivity contribution is 0.858. The average Bonchev–Trinajstić information content (AvgIpc) is 2.29. The molecule has 0 atom stereocenters. The Bertz CT molecular complexity index is 368. The highest BCUT2D eigenvalue weighted by Gasteiger charge is 1.87. The average molecular weight is 183 g/mol. The van der Waals surface area contributed by atoms with Crippen LogP contribution < -0.4 is 0 Å². The van der Waals surface area contributed by atoms with E-state index < -0.39 is 0 Å². The fraction of sp³-hybridized carbons (Fsp3) is 0. The van der Waals surface area contributed by atoms with E-state index in [0.717, 1.165) is 11.3 Å². The maximum atomic E-state index is 3.85. The van der Waals surface area contributed by atoms with E-state index in [2.05, 4.69) is 15.4 Å². The molecule has 0 aliphatic heterocycles. The Morgan fingerprint density at radius 2 is 1.79 bits per heavy atom. The van der Waals surface area contributed by atoms with Crippen molar-refractivity contribution in [2.24, 2.45) is 0 Å². The highest BCUT2D eigenvalue weighted by molar-refractivity contribution is 5.67. The van der Waals surface area contributed by atoms with Gasteiger partial charge in [-0.1, -0.05) is 36.4 Å². The number of hydrogen-bond donors (Lipinski definition) is 0. The van der Waals surface area contributed by atoms with E-state index >= 15 is 0 Å². The van der Waals surface area contributed by atoms with Crippen molar-refractivity contribution >= 4 is 12.2 Å². The van der Waals surface area contributed by atoms with Crippen molar-refractivity contribution in [3.8, 4) is 0 Å². The first kappa shape index (κ1) is 8.56. The Balaban J connectivity index is 2.16. The monoisotopic (exact) mass is 183 g/mol. The molecule has 2 rings (SSSR count). The fourth-order valence-electron chi connectivity index (χ4n) is 1.08. The first-order valence-corrected chi connectivity index (χ1v) is 4.33. The summed E-state index contributed by atoms with van der Waals surface area (Å²) in [7, 11) is 0. The zero-order valence-electron chi connectivity index (χ0n) is 7.54. The quantitative estimate of drug-likeness (QED) is 0.715. The SMILES string of the molecule is C(=C\c1ccnnn1)/c1ccccc1. The molecule has 2 aromatic rings. The second-order valence-corrected chi connectivity index (χ2v) is 2.79. The summed E-state index contributed by atoms with van der Waals surface area (Å²) in [4.78, 5) is 0. The van der Waals surface area contributed by atoms with Crippen molar-refractivity contribution < 1.29 is 0 Å². The van der Waals surface area contributed by atoms with Gasteiger partial charge in [-0.05, 0) is 22.9 Å². The van der Waals surface area contributed by atoms with E-state index in [1.165, 1.54) is 0 Å². The van der Waals surface area contributed by atoms with Gasteiger partial charge in [0.15, 0.2) is 0 Å². The molecular formula is C11H9N3. The molecule has 1 aromatic carbocycles. The van der Waals surface area contributed by atoms with E-state index in [1.54, 1.807) is 6.20 Å². The van der Waals surface area contributed by atoms with E-state index in [9.17, 15) is 0 Å². The topological polar surface area (TPSA) is 38.7 Å². The molecule has 0 saturated carbocycles. The molecule has 0 aliphatic carbocycles. The summed E-state index contributed by atoms with van der Waals surface area (Å²) in [6, 6.07) is 11.9. The molecular weight excluding hydrogens is 174 g/mol. The highest BCUT2D eigenvalue weighted by Crippen LogP contribution is 2.04. The summed E-state index contributed by atoms with van der Waals surface area (Å²) >= 11 is 0. The van der Waals surface area contributed by atoms with Gasteiger partial charge in [0.25, 0.3) is 0 Å². The summed E-state index contributed by atoms with van der Waals surface area (Å²) in [5.41, 5.74) is 1.95. The molecule has 14 heavy (non-hydrogen) atoms. The Kier molecular flexibility index (Phi) is 2.62. The predicted molar refractivity (Wildman–Crippen MR) is 55.2 cm³/mol. The lowest BCUT2D eigenvalue weighted by atomic mass is 10.2. The normalized spacial score (nSPS) is 10.6. The largest absolute Gasteiger partial charge is 0.139 e. The molecule has 3 heteroatoms. The van der Waals surface area contributed by atoms with Gasteiger partial charge in [0.05, 0.1) is 11.9 Å². The van der Waals surface area contributed by atoms with Gasteiger partial charge < -0.3 is 0 Å². The fourth-order valence-corrected chi connectivity index (χ4v) is 1.08. The van der Waals surface area contributed by atoms with Crippen LogP contribution in [0.15, 0.2) is 42.6 Å². The molecule has 0 saturated heterocycles. The third kappa shape index (κ3) is 2.23. The van der Waals surface area contributed by atoms with E-state index in [0.29, 0.717) is 0 Å². The highest BCUT2D eigenvalue weighted by atomic mass is 15.3. The molecule has 0 fully saturated rings. The van der Waals surface area contributed by atoms with Crippen LogP contribution in [0.2, 0.25) is 0 Å². The molecule has 1 aromatic heterocycles. The molecule has 0 unspecified atom stereocenters.